The molecule has 226 valence electrons. The minimum atomic E-state index is -0.190. The molecule has 43 heavy (non-hydrogen) atoms. The average Bonchev–Trinajstić information content (AvgIpc) is 3.66. The number of aromatic hydroxyl groups is 1. The molecule has 0 saturated carbocycles. The number of carbonyl (C=O) groups is 2. The van der Waals surface area contributed by atoms with E-state index in [2.05, 4.69) is 9.71 Å². The number of aliphatic imine (C=N–C) groups is 1. The number of nitrogens with zero attached hydrogens (tertiary/aromatic N) is 1. The molecule has 0 fully saturated rings. The van der Waals surface area contributed by atoms with E-state index in [9.17, 15) is 14.7 Å². The second-order valence-electron chi connectivity index (χ2n) is 9.34. The minimum Gasteiger partial charge on any atom is -0.506 e. The van der Waals surface area contributed by atoms with Crippen LogP contribution in [-0.4, -0.2) is 60.4 Å². The summed E-state index contributed by atoms with van der Waals surface area (Å²) in [6, 6.07) is 16.5. The molecule has 0 aliphatic rings. The van der Waals surface area contributed by atoms with E-state index in [1.807, 2.05) is 24.3 Å². The fraction of sp³-hybridized carbons (Fsp3) is 0.258. The van der Waals surface area contributed by atoms with Crippen LogP contribution < -0.4 is 4.72 Å². The summed E-state index contributed by atoms with van der Waals surface area (Å²) in [6.07, 6.45) is 0.947. The van der Waals surface area contributed by atoms with Crippen LogP contribution in [0.2, 0.25) is 10.0 Å². The first-order valence-corrected chi connectivity index (χ1v) is 16.6. The van der Waals surface area contributed by atoms with E-state index in [-0.39, 0.29) is 30.5 Å². The largest absolute Gasteiger partial charge is 0.506 e. The first-order valence-electron chi connectivity index (χ1n) is 13.4. The molecule has 0 atom stereocenters. The number of rotatable bonds is 16. The quantitative estimate of drug-likeness (QED) is 0.0485. The number of Topliss-reactive ketones (excluding diaryl/α,β-unsaturated/α-hetero) is 2. The van der Waals surface area contributed by atoms with Crippen molar-refractivity contribution in [1.82, 2.24) is 4.72 Å². The lowest BCUT2D eigenvalue weighted by Gasteiger charge is -2.06. The van der Waals surface area contributed by atoms with Crippen LogP contribution in [0.25, 0.3) is 10.4 Å². The molecule has 0 radical (unpaired) electrons. The standard InChI is InChI=1S/C31H30Cl2N2O5S3/c1-19(23-18-41-31(30(23)39)21-5-8-24(32)25(33)16-21)34-17-27(38)29-11-10-28(42-29)26(37)9-4-20-2-6-22(7-3-20)43-35-12-14-40-15-13-36/h2-3,5-8,10-11,16,18,35-36,39H,4,9,12-15,17H2,1H3. The predicted octanol–water partition coefficient (Wildman–Crippen LogP) is 7.60. The van der Waals surface area contributed by atoms with Crippen molar-refractivity contribution < 1.29 is 24.5 Å². The number of hydrogen-bond acceptors (Lipinski definition) is 10. The first kappa shape index (κ1) is 33.4. The number of carbonyl (C=O) groups excluding carboxylic acids is 2. The van der Waals surface area contributed by atoms with Gasteiger partial charge in [0.15, 0.2) is 11.6 Å². The predicted molar refractivity (Wildman–Crippen MR) is 178 cm³/mol. The Labute approximate surface area is 272 Å². The van der Waals surface area contributed by atoms with Gasteiger partial charge in [-0.05, 0) is 72.8 Å². The smallest absolute Gasteiger partial charge is 0.194 e. The summed E-state index contributed by atoms with van der Waals surface area (Å²) in [4.78, 5) is 32.8. The van der Waals surface area contributed by atoms with Gasteiger partial charge in [0.05, 0.1) is 44.5 Å². The van der Waals surface area contributed by atoms with E-state index in [1.54, 1.807) is 42.6 Å². The van der Waals surface area contributed by atoms with Crippen molar-refractivity contribution in [2.24, 2.45) is 4.99 Å². The van der Waals surface area contributed by atoms with Gasteiger partial charge in [-0.1, -0.05) is 41.4 Å². The van der Waals surface area contributed by atoms with Gasteiger partial charge in [-0.3, -0.25) is 19.3 Å². The van der Waals surface area contributed by atoms with Crippen LogP contribution in [0.3, 0.4) is 0 Å². The number of aliphatic hydroxyl groups excluding tert-OH is 1. The van der Waals surface area contributed by atoms with Gasteiger partial charge in [0, 0.05) is 34.5 Å². The van der Waals surface area contributed by atoms with Crippen LogP contribution in [0.1, 0.15) is 43.8 Å². The molecule has 0 aliphatic carbocycles. The van der Waals surface area contributed by atoms with E-state index in [0.29, 0.717) is 68.6 Å². The molecule has 7 nitrogen and oxygen atoms in total. The van der Waals surface area contributed by atoms with Gasteiger partial charge < -0.3 is 14.9 Å². The Morgan fingerprint density at radius 3 is 2.47 bits per heavy atom. The molecule has 12 heteroatoms. The maximum absolute atomic E-state index is 12.8. The van der Waals surface area contributed by atoms with Crippen LogP contribution in [0.4, 0.5) is 0 Å². The Morgan fingerprint density at radius 1 is 1.00 bits per heavy atom. The van der Waals surface area contributed by atoms with Crippen molar-refractivity contribution in [3.05, 3.63) is 90.9 Å². The zero-order chi connectivity index (χ0) is 30.8. The summed E-state index contributed by atoms with van der Waals surface area (Å²) in [6.45, 7) is 3.20. The third-order valence-corrected chi connectivity index (χ3v) is 10.1. The number of nitrogens with one attached hydrogen (secondary N) is 1. The first-order chi connectivity index (χ1) is 20.8. The van der Waals surface area contributed by atoms with Gasteiger partial charge in [-0.15, -0.1) is 22.7 Å². The monoisotopic (exact) mass is 676 g/mol. The number of ether oxygens (including phenoxy) is 1. The van der Waals surface area contributed by atoms with Crippen LogP contribution in [0.15, 0.2) is 69.9 Å². The van der Waals surface area contributed by atoms with Gasteiger partial charge >= 0.3 is 0 Å². The highest BCUT2D eigenvalue weighted by molar-refractivity contribution is 7.97. The summed E-state index contributed by atoms with van der Waals surface area (Å²) < 4.78 is 8.41. The number of ketones is 2. The maximum Gasteiger partial charge on any atom is 0.194 e. The molecule has 3 N–H and O–H groups in total. The number of aliphatic hydroxyl groups is 1. The molecule has 0 saturated heterocycles. The summed E-state index contributed by atoms with van der Waals surface area (Å²) in [5.74, 6) is -0.124. The fourth-order valence-electron chi connectivity index (χ4n) is 3.96. The van der Waals surface area contributed by atoms with Crippen molar-refractivity contribution in [2.45, 2.75) is 24.7 Å². The average molecular weight is 678 g/mol. The highest BCUT2D eigenvalue weighted by atomic mass is 35.5. The van der Waals surface area contributed by atoms with Crippen LogP contribution in [-0.2, 0) is 11.2 Å². The van der Waals surface area contributed by atoms with Crippen LogP contribution in [0, 0.1) is 0 Å². The fourth-order valence-corrected chi connectivity index (χ4v) is 6.79. The summed E-state index contributed by atoms with van der Waals surface area (Å²) >= 11 is 16.2. The topological polar surface area (TPSA) is 108 Å². The molecule has 0 spiro atoms. The lowest BCUT2D eigenvalue weighted by Crippen LogP contribution is -2.13. The molecule has 0 amide bonds. The molecule has 2 aromatic heterocycles. The second-order valence-corrected chi connectivity index (χ2v) is 13.1. The van der Waals surface area contributed by atoms with Gasteiger partial charge in [0.1, 0.15) is 12.3 Å². The van der Waals surface area contributed by atoms with Crippen molar-refractivity contribution in [3.8, 4) is 16.2 Å². The summed E-state index contributed by atoms with van der Waals surface area (Å²) in [7, 11) is 0. The van der Waals surface area contributed by atoms with Crippen molar-refractivity contribution in [2.75, 3.05) is 32.9 Å². The van der Waals surface area contributed by atoms with Gasteiger partial charge in [0.2, 0.25) is 0 Å². The minimum absolute atomic E-state index is 0.00948. The van der Waals surface area contributed by atoms with E-state index in [1.165, 1.54) is 34.6 Å². The van der Waals surface area contributed by atoms with E-state index < -0.39 is 0 Å². The third kappa shape index (κ3) is 9.47. The SMILES string of the molecule is CC(=NCC(=O)c1ccc(C(=O)CCc2ccc(SNCCOCCO)cc2)s1)c1csc(-c2ccc(Cl)c(Cl)c2)c1O. The summed E-state index contributed by atoms with van der Waals surface area (Å²) in [5, 5.41) is 22.1. The number of hydrogen-bond donors (Lipinski definition) is 3. The molecular weight excluding hydrogens is 647 g/mol. The number of benzene rings is 2. The molecule has 0 bridgehead atoms. The molecule has 4 aromatic rings. The molecule has 2 aromatic carbocycles. The number of halogens is 2. The number of aryl methyl sites for hydroxylation is 1. The van der Waals surface area contributed by atoms with Crippen LogP contribution >= 0.6 is 57.8 Å². The lowest BCUT2D eigenvalue weighted by molar-refractivity contribution is 0.0964. The van der Waals surface area contributed by atoms with Crippen molar-refractivity contribution in [1.29, 1.82) is 0 Å². The Morgan fingerprint density at radius 2 is 1.74 bits per heavy atom. The zero-order valence-electron chi connectivity index (χ0n) is 23.3. The van der Waals surface area contributed by atoms with Gasteiger partial charge in [0.25, 0.3) is 0 Å². The lowest BCUT2D eigenvalue weighted by atomic mass is 10.1. The highest BCUT2D eigenvalue weighted by Gasteiger charge is 2.17. The van der Waals surface area contributed by atoms with Gasteiger partial charge in [-0.2, -0.15) is 0 Å². The van der Waals surface area contributed by atoms with Crippen molar-refractivity contribution >= 4 is 75.1 Å². The Bertz CT molecular complexity index is 1580. The highest BCUT2D eigenvalue weighted by Crippen LogP contribution is 2.40. The van der Waals surface area contributed by atoms with Crippen molar-refractivity contribution in [3.63, 3.8) is 0 Å². The zero-order valence-corrected chi connectivity index (χ0v) is 27.2. The third-order valence-electron chi connectivity index (χ3n) is 6.29. The Kier molecular flexibility index (Phi) is 12.8. The molecule has 4 rings (SSSR count). The summed E-state index contributed by atoms with van der Waals surface area (Å²) in [5.41, 5.74) is 2.88. The van der Waals surface area contributed by atoms with Gasteiger partial charge in [-0.25, -0.2) is 0 Å². The van der Waals surface area contributed by atoms with Crippen LogP contribution in [0.5, 0.6) is 5.75 Å². The Hall–Kier alpha value is -2.54. The van der Waals surface area contributed by atoms with E-state index in [0.717, 1.165) is 16.0 Å². The molecule has 0 unspecified atom stereocenters. The van der Waals surface area contributed by atoms with E-state index >= 15 is 0 Å². The number of thiophene rings is 2. The van der Waals surface area contributed by atoms with E-state index in [4.69, 9.17) is 33.0 Å². The second kappa shape index (κ2) is 16.5. The molecule has 2 heterocycles. The Balaban J connectivity index is 1.26. The maximum atomic E-state index is 12.8. The normalized spacial score (nSPS) is 11.7. The molecular formula is C31H30Cl2N2O5S3. The molecule has 0 aliphatic heterocycles.